The molecule has 1 N–H and O–H groups in total. The Morgan fingerprint density at radius 1 is 1.06 bits per heavy atom. The SMILES string of the molecule is CC(C)(C)[C@H]1CC[C@H](Oc2ccc3nc(CN4CCC(C(=O)O)CC4)ccc3c2)CC1. The highest BCUT2D eigenvalue weighted by molar-refractivity contribution is 5.80. The van der Waals surface area contributed by atoms with E-state index < -0.39 is 5.97 Å². The summed E-state index contributed by atoms with van der Waals surface area (Å²) in [5, 5.41) is 10.3. The number of carboxylic acids is 1. The Hall–Kier alpha value is -2.14. The number of nitrogens with zero attached hydrogens (tertiary/aromatic N) is 2. The summed E-state index contributed by atoms with van der Waals surface area (Å²) in [5.74, 6) is 0.880. The summed E-state index contributed by atoms with van der Waals surface area (Å²) in [6.45, 7) is 9.46. The van der Waals surface area contributed by atoms with Gasteiger partial charge in [0.25, 0.3) is 0 Å². The maximum atomic E-state index is 11.1. The van der Waals surface area contributed by atoms with Crippen molar-refractivity contribution in [3.8, 4) is 5.75 Å². The summed E-state index contributed by atoms with van der Waals surface area (Å²) < 4.78 is 6.32. The van der Waals surface area contributed by atoms with Crippen molar-refractivity contribution in [2.45, 2.75) is 71.9 Å². The lowest BCUT2D eigenvalue weighted by Crippen LogP contribution is -2.36. The first-order valence-corrected chi connectivity index (χ1v) is 11.8. The van der Waals surface area contributed by atoms with Gasteiger partial charge in [-0.2, -0.15) is 0 Å². The first-order chi connectivity index (χ1) is 14.8. The van der Waals surface area contributed by atoms with Gasteiger partial charge in [-0.25, -0.2) is 0 Å². The minimum absolute atomic E-state index is 0.192. The molecule has 4 rings (SSSR count). The maximum absolute atomic E-state index is 11.1. The highest BCUT2D eigenvalue weighted by atomic mass is 16.5. The van der Waals surface area contributed by atoms with Crippen LogP contribution in [0.2, 0.25) is 0 Å². The van der Waals surface area contributed by atoms with E-state index >= 15 is 0 Å². The lowest BCUT2D eigenvalue weighted by atomic mass is 9.72. The van der Waals surface area contributed by atoms with E-state index in [0.29, 0.717) is 11.5 Å². The Morgan fingerprint density at radius 3 is 2.42 bits per heavy atom. The summed E-state index contributed by atoms with van der Waals surface area (Å²) in [5.41, 5.74) is 2.42. The van der Waals surface area contributed by atoms with E-state index in [2.05, 4.69) is 49.9 Å². The van der Waals surface area contributed by atoms with Gasteiger partial charge < -0.3 is 9.84 Å². The van der Waals surface area contributed by atoms with Crippen molar-refractivity contribution >= 4 is 16.9 Å². The van der Waals surface area contributed by atoms with Crippen LogP contribution in [0.3, 0.4) is 0 Å². The molecule has 2 aliphatic rings. The van der Waals surface area contributed by atoms with Crippen LogP contribution in [-0.4, -0.2) is 40.2 Å². The molecule has 1 aromatic heterocycles. The molecule has 0 unspecified atom stereocenters. The fraction of sp³-hybridized carbons (Fsp3) is 0.615. The molecule has 5 heteroatoms. The molecule has 1 aromatic carbocycles. The fourth-order valence-corrected chi connectivity index (χ4v) is 5.11. The largest absolute Gasteiger partial charge is 0.490 e. The van der Waals surface area contributed by atoms with E-state index in [-0.39, 0.29) is 5.92 Å². The van der Waals surface area contributed by atoms with Crippen LogP contribution in [-0.2, 0) is 11.3 Å². The van der Waals surface area contributed by atoms with Crippen molar-refractivity contribution in [2.24, 2.45) is 17.3 Å². The molecule has 31 heavy (non-hydrogen) atoms. The fourth-order valence-electron chi connectivity index (χ4n) is 5.11. The van der Waals surface area contributed by atoms with Gasteiger partial charge >= 0.3 is 5.97 Å². The Balaban J connectivity index is 1.34. The molecule has 1 saturated carbocycles. The van der Waals surface area contributed by atoms with E-state index in [4.69, 9.17) is 14.8 Å². The number of carboxylic acid groups (broad SMARTS) is 1. The first kappa shape index (κ1) is 22.1. The Labute approximate surface area is 185 Å². The zero-order valence-electron chi connectivity index (χ0n) is 19.1. The number of hydrogen-bond donors (Lipinski definition) is 1. The van der Waals surface area contributed by atoms with Crippen LogP contribution >= 0.6 is 0 Å². The molecule has 0 bridgehead atoms. The number of aliphatic carboxylic acids is 1. The van der Waals surface area contributed by atoms with E-state index in [1.165, 1.54) is 12.8 Å². The monoisotopic (exact) mass is 424 g/mol. The van der Waals surface area contributed by atoms with E-state index in [1.54, 1.807) is 0 Å². The number of benzene rings is 1. The number of likely N-dealkylation sites (tertiary alicyclic amines) is 1. The topological polar surface area (TPSA) is 62.7 Å². The predicted molar refractivity (Wildman–Crippen MR) is 123 cm³/mol. The number of aromatic nitrogens is 1. The molecule has 2 aromatic rings. The summed E-state index contributed by atoms with van der Waals surface area (Å²) in [7, 11) is 0. The van der Waals surface area contributed by atoms with Gasteiger partial charge in [-0.1, -0.05) is 26.8 Å². The highest BCUT2D eigenvalue weighted by Gasteiger charge is 2.30. The number of rotatable bonds is 5. The highest BCUT2D eigenvalue weighted by Crippen LogP contribution is 2.39. The van der Waals surface area contributed by atoms with E-state index in [0.717, 1.165) is 73.6 Å². The molecule has 2 fully saturated rings. The second-order valence-electron chi connectivity index (χ2n) is 10.5. The van der Waals surface area contributed by atoms with Gasteiger partial charge in [0.05, 0.1) is 23.2 Å². The van der Waals surface area contributed by atoms with Crippen LogP contribution in [0.4, 0.5) is 0 Å². The predicted octanol–water partition coefficient (Wildman–Crippen LogP) is 5.52. The minimum atomic E-state index is -0.663. The quantitative estimate of drug-likeness (QED) is 0.685. The second-order valence-corrected chi connectivity index (χ2v) is 10.5. The third-order valence-electron chi connectivity index (χ3n) is 7.24. The molecule has 2 heterocycles. The summed E-state index contributed by atoms with van der Waals surface area (Å²) >= 11 is 0. The lowest BCUT2D eigenvalue weighted by Gasteiger charge is -2.36. The molecule has 5 nitrogen and oxygen atoms in total. The van der Waals surface area contributed by atoms with Crippen LogP contribution < -0.4 is 4.74 Å². The van der Waals surface area contributed by atoms with Crippen molar-refractivity contribution in [3.05, 3.63) is 36.0 Å². The average molecular weight is 425 g/mol. The Kier molecular flexibility index (Phi) is 6.52. The molecule has 0 atom stereocenters. The van der Waals surface area contributed by atoms with Gasteiger partial charge in [0.1, 0.15) is 5.75 Å². The zero-order chi connectivity index (χ0) is 22.0. The normalized spacial score (nSPS) is 23.7. The van der Waals surface area contributed by atoms with Gasteiger partial charge in [-0.3, -0.25) is 14.7 Å². The summed E-state index contributed by atoms with van der Waals surface area (Å²) in [6.07, 6.45) is 6.53. The molecule has 1 aliphatic heterocycles. The van der Waals surface area contributed by atoms with Crippen molar-refractivity contribution in [2.75, 3.05) is 13.1 Å². The van der Waals surface area contributed by atoms with Crippen molar-refractivity contribution in [1.29, 1.82) is 0 Å². The van der Waals surface area contributed by atoms with Gasteiger partial charge in [0, 0.05) is 11.9 Å². The van der Waals surface area contributed by atoms with Crippen LogP contribution in [0.15, 0.2) is 30.3 Å². The number of piperidine rings is 1. The third kappa shape index (κ3) is 5.57. The molecule has 0 spiro atoms. The molecule has 0 radical (unpaired) electrons. The smallest absolute Gasteiger partial charge is 0.306 e. The van der Waals surface area contributed by atoms with Crippen molar-refractivity contribution in [3.63, 3.8) is 0 Å². The number of carbonyl (C=O) groups is 1. The first-order valence-electron chi connectivity index (χ1n) is 11.8. The average Bonchev–Trinajstić information content (AvgIpc) is 2.74. The van der Waals surface area contributed by atoms with E-state index in [1.807, 2.05) is 6.07 Å². The molecule has 168 valence electrons. The number of ether oxygens (including phenoxy) is 1. The summed E-state index contributed by atoms with van der Waals surface area (Å²) in [4.78, 5) is 18.3. The molecule has 0 amide bonds. The van der Waals surface area contributed by atoms with Gasteiger partial charge in [-0.15, -0.1) is 0 Å². The Morgan fingerprint density at radius 2 is 1.77 bits per heavy atom. The molecule has 1 saturated heterocycles. The zero-order valence-corrected chi connectivity index (χ0v) is 19.1. The van der Waals surface area contributed by atoms with Gasteiger partial charge in [0.2, 0.25) is 0 Å². The van der Waals surface area contributed by atoms with Crippen LogP contribution in [0.1, 0.15) is 65.0 Å². The van der Waals surface area contributed by atoms with Crippen molar-refractivity contribution in [1.82, 2.24) is 9.88 Å². The van der Waals surface area contributed by atoms with Gasteiger partial charge in [0.15, 0.2) is 0 Å². The lowest BCUT2D eigenvalue weighted by molar-refractivity contribution is -0.143. The maximum Gasteiger partial charge on any atom is 0.306 e. The third-order valence-corrected chi connectivity index (χ3v) is 7.24. The minimum Gasteiger partial charge on any atom is -0.490 e. The number of pyridine rings is 1. The van der Waals surface area contributed by atoms with Gasteiger partial charge in [-0.05, 0) is 87.2 Å². The van der Waals surface area contributed by atoms with Crippen LogP contribution in [0, 0.1) is 17.3 Å². The molecular weight excluding hydrogens is 388 g/mol. The van der Waals surface area contributed by atoms with Crippen LogP contribution in [0.5, 0.6) is 5.75 Å². The Bertz CT molecular complexity index is 904. The molecular formula is C26H36N2O3. The second kappa shape index (κ2) is 9.15. The van der Waals surface area contributed by atoms with Crippen molar-refractivity contribution < 1.29 is 14.6 Å². The number of fused-ring (bicyclic) bond motifs is 1. The summed E-state index contributed by atoms with van der Waals surface area (Å²) in [6, 6.07) is 10.4. The molecule has 1 aliphatic carbocycles. The standard InChI is InChI=1S/C26H36N2O3/c1-26(2,3)20-5-8-22(9-6-20)31-23-10-11-24-19(16-23)4-7-21(27-24)17-28-14-12-18(13-15-28)25(29)30/h4,7,10-11,16,18,20,22H,5-6,8-9,12-15,17H2,1-3H3,(H,29,30)/t20-,22-. The number of hydrogen-bond acceptors (Lipinski definition) is 4. The van der Waals surface area contributed by atoms with E-state index in [9.17, 15) is 4.79 Å². The van der Waals surface area contributed by atoms with Crippen LogP contribution in [0.25, 0.3) is 10.9 Å².